The van der Waals surface area contributed by atoms with Gasteiger partial charge in [0.15, 0.2) is 0 Å². The van der Waals surface area contributed by atoms with Crippen LogP contribution < -0.4 is 5.32 Å². The third-order valence-electron chi connectivity index (χ3n) is 4.75. The summed E-state index contributed by atoms with van der Waals surface area (Å²) in [6.07, 6.45) is 0. The number of halogens is 2. The van der Waals surface area contributed by atoms with E-state index in [1.54, 1.807) is 43.3 Å². The standard InChI is InChI=1S/C22H19BrClN3O5S/c1-15-2-9-19(27(29)30)12-21(15)25-22(28)14-26(13-16-3-7-18(24)8-4-16)33(31,32)20-10-5-17(23)6-11-20/h2-12H,13-14H2,1H3,(H,25,28). The number of benzene rings is 3. The van der Waals surface area contributed by atoms with E-state index in [9.17, 15) is 23.3 Å². The van der Waals surface area contributed by atoms with Crippen molar-refractivity contribution in [2.75, 3.05) is 11.9 Å². The molecule has 0 bridgehead atoms. The SMILES string of the molecule is Cc1ccc([N+](=O)[O-])cc1NC(=O)CN(Cc1ccc(Cl)cc1)S(=O)(=O)c1ccc(Br)cc1. The van der Waals surface area contributed by atoms with Gasteiger partial charge < -0.3 is 5.32 Å². The van der Waals surface area contributed by atoms with Gasteiger partial charge in [-0.3, -0.25) is 14.9 Å². The van der Waals surface area contributed by atoms with Gasteiger partial charge in [0.1, 0.15) is 0 Å². The second-order valence-electron chi connectivity index (χ2n) is 7.16. The van der Waals surface area contributed by atoms with E-state index >= 15 is 0 Å². The van der Waals surface area contributed by atoms with Gasteiger partial charge in [-0.05, 0) is 54.4 Å². The van der Waals surface area contributed by atoms with Crippen LogP contribution in [0.3, 0.4) is 0 Å². The van der Waals surface area contributed by atoms with Crippen molar-refractivity contribution in [1.29, 1.82) is 0 Å². The van der Waals surface area contributed by atoms with E-state index in [1.807, 2.05) is 0 Å². The molecule has 0 saturated carbocycles. The molecule has 11 heteroatoms. The van der Waals surface area contributed by atoms with Crippen LogP contribution in [-0.2, 0) is 21.4 Å². The van der Waals surface area contributed by atoms with E-state index in [2.05, 4.69) is 21.2 Å². The summed E-state index contributed by atoms with van der Waals surface area (Å²) in [7, 11) is -4.03. The summed E-state index contributed by atoms with van der Waals surface area (Å²) in [6.45, 7) is 1.11. The maximum atomic E-state index is 13.3. The van der Waals surface area contributed by atoms with Crippen LogP contribution in [0.1, 0.15) is 11.1 Å². The first kappa shape index (κ1) is 24.8. The molecule has 172 valence electrons. The van der Waals surface area contributed by atoms with Crippen molar-refractivity contribution < 1.29 is 18.1 Å². The molecule has 3 aromatic rings. The zero-order chi connectivity index (χ0) is 24.2. The molecule has 0 heterocycles. The van der Waals surface area contributed by atoms with Crippen molar-refractivity contribution in [1.82, 2.24) is 4.31 Å². The van der Waals surface area contributed by atoms with Crippen LogP contribution in [0.2, 0.25) is 5.02 Å². The molecule has 0 fully saturated rings. The number of nitrogens with one attached hydrogen (secondary N) is 1. The highest BCUT2D eigenvalue weighted by Crippen LogP contribution is 2.24. The van der Waals surface area contributed by atoms with Gasteiger partial charge >= 0.3 is 0 Å². The van der Waals surface area contributed by atoms with Gasteiger partial charge in [-0.25, -0.2) is 8.42 Å². The Kier molecular flexibility index (Phi) is 7.85. The molecule has 0 atom stereocenters. The van der Waals surface area contributed by atoms with Crippen molar-refractivity contribution in [3.05, 3.63) is 97.5 Å². The lowest BCUT2D eigenvalue weighted by Gasteiger charge is -2.22. The summed E-state index contributed by atoms with van der Waals surface area (Å²) in [5.74, 6) is -0.631. The Balaban J connectivity index is 1.90. The minimum absolute atomic E-state index is 0.0268. The van der Waals surface area contributed by atoms with E-state index in [0.29, 0.717) is 20.6 Å². The Hall–Kier alpha value is -2.79. The number of aryl methyl sites for hydroxylation is 1. The van der Waals surface area contributed by atoms with Crippen molar-refractivity contribution in [2.24, 2.45) is 0 Å². The molecular formula is C22H19BrClN3O5S. The molecule has 0 radical (unpaired) electrons. The molecule has 0 saturated heterocycles. The lowest BCUT2D eigenvalue weighted by atomic mass is 10.2. The fourth-order valence-electron chi connectivity index (χ4n) is 2.98. The summed E-state index contributed by atoms with van der Waals surface area (Å²) in [5.41, 5.74) is 1.30. The molecule has 1 N–H and O–H groups in total. The van der Waals surface area contributed by atoms with Crippen molar-refractivity contribution in [2.45, 2.75) is 18.4 Å². The summed E-state index contributed by atoms with van der Waals surface area (Å²) in [6, 6.07) is 16.8. The van der Waals surface area contributed by atoms with Gasteiger partial charge in [-0.2, -0.15) is 4.31 Å². The second-order valence-corrected chi connectivity index (χ2v) is 10.4. The highest BCUT2D eigenvalue weighted by Gasteiger charge is 2.27. The van der Waals surface area contributed by atoms with Gasteiger partial charge in [0, 0.05) is 28.2 Å². The summed E-state index contributed by atoms with van der Waals surface area (Å²) >= 11 is 9.20. The van der Waals surface area contributed by atoms with Crippen LogP contribution in [-0.4, -0.2) is 30.1 Å². The third kappa shape index (κ3) is 6.38. The van der Waals surface area contributed by atoms with Gasteiger partial charge in [0.2, 0.25) is 15.9 Å². The zero-order valence-electron chi connectivity index (χ0n) is 17.4. The van der Waals surface area contributed by atoms with Crippen molar-refractivity contribution >= 4 is 54.8 Å². The first-order valence-electron chi connectivity index (χ1n) is 9.61. The van der Waals surface area contributed by atoms with Crippen LogP contribution in [0.25, 0.3) is 0 Å². The molecular weight excluding hydrogens is 534 g/mol. The Morgan fingerprint density at radius 2 is 1.73 bits per heavy atom. The van der Waals surface area contributed by atoms with Gasteiger partial charge in [0.05, 0.1) is 22.1 Å². The first-order valence-corrected chi connectivity index (χ1v) is 12.2. The van der Waals surface area contributed by atoms with E-state index in [1.165, 1.54) is 30.3 Å². The number of nitro groups is 1. The molecule has 3 aromatic carbocycles. The molecule has 0 spiro atoms. The number of carbonyl (C=O) groups excluding carboxylic acids is 1. The number of nitrogens with zero attached hydrogens (tertiary/aromatic N) is 2. The van der Waals surface area contributed by atoms with E-state index in [4.69, 9.17) is 11.6 Å². The Morgan fingerprint density at radius 1 is 1.09 bits per heavy atom. The number of hydrogen-bond acceptors (Lipinski definition) is 5. The predicted octanol–water partition coefficient (Wildman–Crippen LogP) is 5.15. The van der Waals surface area contributed by atoms with Crippen LogP contribution in [0.4, 0.5) is 11.4 Å². The molecule has 0 aromatic heterocycles. The van der Waals surface area contributed by atoms with Crippen LogP contribution in [0, 0.1) is 17.0 Å². The lowest BCUT2D eigenvalue weighted by molar-refractivity contribution is -0.384. The van der Waals surface area contributed by atoms with E-state index in [0.717, 1.165) is 4.31 Å². The van der Waals surface area contributed by atoms with Gasteiger partial charge in [-0.1, -0.05) is 45.7 Å². The molecule has 0 aliphatic heterocycles. The number of sulfonamides is 1. The molecule has 0 aliphatic carbocycles. The minimum atomic E-state index is -4.03. The number of hydrogen-bond donors (Lipinski definition) is 1. The topological polar surface area (TPSA) is 110 Å². The molecule has 0 aliphatic rings. The normalized spacial score (nSPS) is 11.4. The van der Waals surface area contributed by atoms with E-state index < -0.39 is 27.4 Å². The van der Waals surface area contributed by atoms with Crippen LogP contribution in [0.5, 0.6) is 0 Å². The average Bonchev–Trinajstić information content (AvgIpc) is 2.76. The summed E-state index contributed by atoms with van der Waals surface area (Å²) < 4.78 is 28.4. The minimum Gasteiger partial charge on any atom is -0.324 e. The van der Waals surface area contributed by atoms with Crippen molar-refractivity contribution in [3.63, 3.8) is 0 Å². The average molecular weight is 553 g/mol. The van der Waals surface area contributed by atoms with Crippen LogP contribution in [0.15, 0.2) is 76.1 Å². The fraction of sp³-hybridized carbons (Fsp3) is 0.136. The maximum Gasteiger partial charge on any atom is 0.271 e. The Morgan fingerprint density at radius 3 is 2.33 bits per heavy atom. The molecule has 1 amide bonds. The predicted molar refractivity (Wildman–Crippen MR) is 130 cm³/mol. The highest BCUT2D eigenvalue weighted by molar-refractivity contribution is 9.10. The highest BCUT2D eigenvalue weighted by atomic mass is 79.9. The molecule has 0 unspecified atom stereocenters. The van der Waals surface area contributed by atoms with E-state index in [-0.39, 0.29) is 22.8 Å². The number of non-ortho nitro benzene ring substituents is 1. The summed E-state index contributed by atoms with van der Waals surface area (Å²) in [5, 5.41) is 14.1. The first-order chi connectivity index (χ1) is 15.6. The number of rotatable bonds is 8. The van der Waals surface area contributed by atoms with Gasteiger partial charge in [-0.15, -0.1) is 0 Å². The Bertz CT molecular complexity index is 1280. The quantitative estimate of drug-likeness (QED) is 0.307. The number of carbonyl (C=O) groups is 1. The fourth-order valence-corrected chi connectivity index (χ4v) is 4.76. The Labute approximate surface area is 204 Å². The maximum absolute atomic E-state index is 13.3. The molecule has 3 rings (SSSR count). The number of nitro benzene ring substituents is 1. The lowest BCUT2D eigenvalue weighted by Crippen LogP contribution is -2.37. The van der Waals surface area contributed by atoms with Gasteiger partial charge in [0.25, 0.3) is 5.69 Å². The smallest absolute Gasteiger partial charge is 0.271 e. The molecule has 33 heavy (non-hydrogen) atoms. The number of amides is 1. The monoisotopic (exact) mass is 551 g/mol. The largest absolute Gasteiger partial charge is 0.324 e. The van der Waals surface area contributed by atoms with Crippen molar-refractivity contribution in [3.8, 4) is 0 Å². The number of anilines is 1. The second kappa shape index (κ2) is 10.4. The molecule has 8 nitrogen and oxygen atoms in total. The zero-order valence-corrected chi connectivity index (χ0v) is 20.5. The van der Waals surface area contributed by atoms with Crippen LogP contribution >= 0.6 is 27.5 Å². The third-order valence-corrected chi connectivity index (χ3v) is 7.34. The summed E-state index contributed by atoms with van der Waals surface area (Å²) in [4.78, 5) is 23.3.